The Morgan fingerprint density at radius 1 is 1.23 bits per heavy atom. The highest BCUT2D eigenvalue weighted by Crippen LogP contribution is 2.25. The van der Waals surface area contributed by atoms with E-state index >= 15 is 0 Å². The molecule has 0 saturated carbocycles. The molecule has 0 unspecified atom stereocenters. The summed E-state index contributed by atoms with van der Waals surface area (Å²) in [7, 11) is 1.85. The minimum atomic E-state index is -0.117. The predicted molar refractivity (Wildman–Crippen MR) is 106 cm³/mol. The molecular weight excluding hydrogens is 368 g/mol. The van der Waals surface area contributed by atoms with Crippen LogP contribution >= 0.6 is 23.5 Å². The average molecular weight is 387 g/mol. The first-order valence-corrected chi connectivity index (χ1v) is 9.25. The molecule has 1 aromatic heterocycles. The molecule has 3 rings (SSSR count). The van der Waals surface area contributed by atoms with E-state index in [-0.39, 0.29) is 5.91 Å². The maximum Gasteiger partial charge on any atom is 0.251 e. The zero-order valence-corrected chi connectivity index (χ0v) is 16.1. The molecule has 7 heteroatoms. The molecule has 2 N–H and O–H groups in total. The highest BCUT2D eigenvalue weighted by atomic mass is 35.5. The van der Waals surface area contributed by atoms with Gasteiger partial charge in [-0.2, -0.15) is 5.10 Å². The number of hydrogen-bond acceptors (Lipinski definition) is 4. The molecule has 0 spiro atoms. The van der Waals surface area contributed by atoms with Gasteiger partial charge in [0.05, 0.1) is 6.20 Å². The lowest BCUT2D eigenvalue weighted by atomic mass is 10.1. The second-order valence-corrected chi connectivity index (χ2v) is 7.21. The number of carbonyl (C=O) groups excluding carboxylic acids is 1. The number of amides is 1. The summed E-state index contributed by atoms with van der Waals surface area (Å²) in [5.41, 5.74) is 3.54. The molecular formula is C19H19ClN4OS. The number of nitrogens with zero attached hydrogens (tertiary/aromatic N) is 2. The number of aromatic nitrogens is 2. The van der Waals surface area contributed by atoms with Gasteiger partial charge in [-0.05, 0) is 60.8 Å². The SMILES string of the molecule is Cc1ccc(C(=O)NCc2cnn(C)c2)cc1NSc1ccc(Cl)cc1. The molecule has 3 aromatic rings. The molecule has 1 heterocycles. The largest absolute Gasteiger partial charge is 0.348 e. The lowest BCUT2D eigenvalue weighted by Crippen LogP contribution is -2.22. The zero-order chi connectivity index (χ0) is 18.5. The molecule has 5 nitrogen and oxygen atoms in total. The average Bonchev–Trinajstić information content (AvgIpc) is 3.05. The molecule has 0 bridgehead atoms. The lowest BCUT2D eigenvalue weighted by molar-refractivity contribution is 0.0951. The number of aryl methyl sites for hydroxylation is 2. The Labute approximate surface area is 161 Å². The molecule has 1 amide bonds. The molecule has 0 radical (unpaired) electrons. The Hall–Kier alpha value is -2.44. The monoisotopic (exact) mass is 386 g/mol. The number of anilines is 1. The van der Waals surface area contributed by atoms with Crippen molar-refractivity contribution in [1.29, 1.82) is 0 Å². The summed E-state index contributed by atoms with van der Waals surface area (Å²) in [5.74, 6) is -0.117. The second-order valence-electron chi connectivity index (χ2n) is 5.89. The van der Waals surface area contributed by atoms with Gasteiger partial charge in [0.25, 0.3) is 5.91 Å². The van der Waals surface area contributed by atoms with Crippen LogP contribution < -0.4 is 10.0 Å². The van der Waals surface area contributed by atoms with Crippen LogP contribution in [0, 0.1) is 6.92 Å². The summed E-state index contributed by atoms with van der Waals surface area (Å²) < 4.78 is 5.01. The fourth-order valence-electron chi connectivity index (χ4n) is 2.34. The van der Waals surface area contributed by atoms with Crippen LogP contribution in [0.15, 0.2) is 59.8 Å². The fourth-order valence-corrected chi connectivity index (χ4v) is 3.18. The van der Waals surface area contributed by atoms with E-state index in [0.717, 1.165) is 21.7 Å². The van der Waals surface area contributed by atoms with Crippen LogP contribution in [0.25, 0.3) is 0 Å². The third-order valence-electron chi connectivity index (χ3n) is 3.80. The minimum absolute atomic E-state index is 0.117. The van der Waals surface area contributed by atoms with Gasteiger partial charge in [-0.15, -0.1) is 0 Å². The molecule has 0 saturated heterocycles. The number of rotatable bonds is 6. The van der Waals surface area contributed by atoms with Crippen LogP contribution in [-0.2, 0) is 13.6 Å². The van der Waals surface area contributed by atoms with Gasteiger partial charge in [0.2, 0.25) is 0 Å². The van der Waals surface area contributed by atoms with Gasteiger partial charge in [-0.1, -0.05) is 17.7 Å². The van der Waals surface area contributed by atoms with E-state index < -0.39 is 0 Å². The van der Waals surface area contributed by atoms with Crippen LogP contribution in [0.1, 0.15) is 21.5 Å². The Morgan fingerprint density at radius 3 is 2.69 bits per heavy atom. The van der Waals surface area contributed by atoms with Gasteiger partial charge >= 0.3 is 0 Å². The van der Waals surface area contributed by atoms with Crippen molar-refractivity contribution >= 4 is 35.1 Å². The summed E-state index contributed by atoms with van der Waals surface area (Å²) in [6.45, 7) is 2.45. The maximum absolute atomic E-state index is 12.4. The molecule has 134 valence electrons. The summed E-state index contributed by atoms with van der Waals surface area (Å²) in [5, 5.41) is 7.72. The summed E-state index contributed by atoms with van der Waals surface area (Å²) in [4.78, 5) is 13.5. The van der Waals surface area contributed by atoms with Gasteiger partial charge in [-0.25, -0.2) is 0 Å². The van der Waals surface area contributed by atoms with E-state index in [2.05, 4.69) is 15.1 Å². The van der Waals surface area contributed by atoms with Crippen LogP contribution in [0.4, 0.5) is 5.69 Å². The van der Waals surface area contributed by atoms with Crippen molar-refractivity contribution in [2.75, 3.05) is 4.72 Å². The Morgan fingerprint density at radius 2 is 2.00 bits per heavy atom. The Balaban J connectivity index is 1.64. The molecule has 0 aliphatic carbocycles. The number of carbonyl (C=O) groups is 1. The highest BCUT2D eigenvalue weighted by molar-refractivity contribution is 8.00. The quantitative estimate of drug-likeness (QED) is 0.615. The van der Waals surface area contributed by atoms with E-state index in [9.17, 15) is 4.79 Å². The first-order valence-electron chi connectivity index (χ1n) is 8.06. The van der Waals surface area contributed by atoms with Crippen molar-refractivity contribution in [1.82, 2.24) is 15.1 Å². The van der Waals surface area contributed by atoms with Gasteiger partial charge in [-0.3, -0.25) is 9.48 Å². The number of hydrogen-bond donors (Lipinski definition) is 2. The van der Waals surface area contributed by atoms with Crippen LogP contribution in [0.2, 0.25) is 5.02 Å². The van der Waals surface area contributed by atoms with Gasteiger partial charge in [0, 0.05) is 46.5 Å². The van der Waals surface area contributed by atoms with Gasteiger partial charge < -0.3 is 10.0 Å². The van der Waals surface area contributed by atoms with E-state index in [4.69, 9.17) is 11.6 Å². The summed E-state index contributed by atoms with van der Waals surface area (Å²) in [6.07, 6.45) is 3.62. The Bertz CT molecular complexity index is 908. The summed E-state index contributed by atoms with van der Waals surface area (Å²) >= 11 is 7.38. The van der Waals surface area contributed by atoms with Crippen LogP contribution in [-0.4, -0.2) is 15.7 Å². The molecule has 0 atom stereocenters. The first kappa shape index (κ1) is 18.4. The van der Waals surface area contributed by atoms with Crippen molar-refractivity contribution < 1.29 is 4.79 Å². The van der Waals surface area contributed by atoms with Crippen LogP contribution in [0.5, 0.6) is 0 Å². The molecule has 26 heavy (non-hydrogen) atoms. The number of benzene rings is 2. The third kappa shape index (κ3) is 4.80. The molecule has 2 aromatic carbocycles. The lowest BCUT2D eigenvalue weighted by Gasteiger charge is -2.11. The standard InChI is InChI=1S/C19H19ClN4OS/c1-13-3-4-15(19(25)21-10-14-11-22-24(2)12-14)9-18(13)23-26-17-7-5-16(20)6-8-17/h3-9,11-12,23H,10H2,1-2H3,(H,21,25). The predicted octanol–water partition coefficient (Wildman–Crippen LogP) is 4.43. The zero-order valence-electron chi connectivity index (χ0n) is 14.5. The molecule has 0 aliphatic rings. The van der Waals surface area contributed by atoms with Crippen molar-refractivity contribution in [3.8, 4) is 0 Å². The normalized spacial score (nSPS) is 10.6. The van der Waals surface area contributed by atoms with E-state index in [1.54, 1.807) is 10.9 Å². The second kappa shape index (κ2) is 8.29. The van der Waals surface area contributed by atoms with Crippen LogP contribution in [0.3, 0.4) is 0 Å². The number of nitrogens with one attached hydrogen (secondary N) is 2. The van der Waals surface area contributed by atoms with Crippen molar-refractivity contribution in [3.63, 3.8) is 0 Å². The number of halogens is 1. The van der Waals surface area contributed by atoms with Gasteiger partial charge in [0.1, 0.15) is 0 Å². The van der Waals surface area contributed by atoms with E-state index in [1.807, 2.05) is 62.6 Å². The molecule has 0 fully saturated rings. The fraction of sp³-hybridized carbons (Fsp3) is 0.158. The third-order valence-corrected chi connectivity index (χ3v) is 4.89. The molecule has 0 aliphatic heterocycles. The van der Waals surface area contributed by atoms with Crippen molar-refractivity contribution in [2.24, 2.45) is 7.05 Å². The Kier molecular flexibility index (Phi) is 5.85. The van der Waals surface area contributed by atoms with Crippen molar-refractivity contribution in [2.45, 2.75) is 18.4 Å². The van der Waals surface area contributed by atoms with Gasteiger partial charge in [0.15, 0.2) is 0 Å². The van der Waals surface area contributed by atoms with Crippen molar-refractivity contribution in [3.05, 3.63) is 76.6 Å². The first-order chi connectivity index (χ1) is 12.5. The minimum Gasteiger partial charge on any atom is -0.348 e. The topological polar surface area (TPSA) is 59.0 Å². The smallest absolute Gasteiger partial charge is 0.251 e. The summed E-state index contributed by atoms with van der Waals surface area (Å²) in [6, 6.07) is 13.2. The van der Waals surface area contributed by atoms with E-state index in [0.29, 0.717) is 17.1 Å². The maximum atomic E-state index is 12.4. The highest BCUT2D eigenvalue weighted by Gasteiger charge is 2.09. The van der Waals surface area contributed by atoms with E-state index in [1.165, 1.54) is 11.9 Å².